The maximum atomic E-state index is 12.8. The molecule has 8 heteroatoms. The average Bonchev–Trinajstić information content (AvgIpc) is 3.46. The molecule has 5 rings (SSSR count). The van der Waals surface area contributed by atoms with Gasteiger partial charge in [0, 0.05) is 43.9 Å². The second-order valence-electron chi connectivity index (χ2n) is 7.58. The van der Waals surface area contributed by atoms with Crippen LogP contribution < -0.4 is 4.74 Å². The normalized spacial score (nSPS) is 14.8. The van der Waals surface area contributed by atoms with E-state index >= 15 is 0 Å². The molecule has 0 radical (unpaired) electrons. The van der Waals surface area contributed by atoms with Gasteiger partial charge in [0.2, 0.25) is 0 Å². The Labute approximate surface area is 179 Å². The molecule has 1 fully saturated rings. The van der Waals surface area contributed by atoms with E-state index in [0.29, 0.717) is 31.1 Å². The molecule has 1 aliphatic heterocycles. The number of imidazole rings is 1. The SMILES string of the molecule is COc1ccc2nc(CN3CCN(C(=O)c4cc(-c5ccccc5)on4)CC3)[nH]c2c1. The van der Waals surface area contributed by atoms with Gasteiger partial charge < -0.3 is 19.1 Å². The van der Waals surface area contributed by atoms with Crippen molar-refractivity contribution in [1.82, 2.24) is 24.9 Å². The number of fused-ring (bicyclic) bond motifs is 1. The summed E-state index contributed by atoms with van der Waals surface area (Å²) in [5.74, 6) is 2.22. The van der Waals surface area contributed by atoms with E-state index in [1.807, 2.05) is 53.4 Å². The van der Waals surface area contributed by atoms with E-state index in [1.165, 1.54) is 0 Å². The first-order valence-electron chi connectivity index (χ1n) is 10.3. The number of nitrogens with zero attached hydrogens (tertiary/aromatic N) is 4. The number of aromatic amines is 1. The van der Waals surface area contributed by atoms with Gasteiger partial charge in [0.1, 0.15) is 11.6 Å². The molecule has 1 amide bonds. The van der Waals surface area contributed by atoms with Crippen LogP contribution in [0, 0.1) is 0 Å². The topological polar surface area (TPSA) is 87.5 Å². The standard InChI is InChI=1S/C23H23N5O3/c1-30-17-7-8-18-19(13-17)25-22(24-18)15-27-9-11-28(12-10-27)23(29)20-14-21(31-26-20)16-5-3-2-4-6-16/h2-8,13-14H,9-12,15H2,1H3,(H,24,25). The molecule has 0 saturated carbocycles. The summed E-state index contributed by atoms with van der Waals surface area (Å²) in [6, 6.07) is 17.2. The lowest BCUT2D eigenvalue weighted by molar-refractivity contribution is 0.0616. The maximum Gasteiger partial charge on any atom is 0.276 e. The largest absolute Gasteiger partial charge is 0.497 e. The number of methoxy groups -OCH3 is 1. The zero-order chi connectivity index (χ0) is 21.2. The number of hydrogen-bond donors (Lipinski definition) is 1. The Hall–Kier alpha value is -3.65. The third-order valence-corrected chi connectivity index (χ3v) is 5.56. The van der Waals surface area contributed by atoms with E-state index in [1.54, 1.807) is 13.2 Å². The molecular formula is C23H23N5O3. The van der Waals surface area contributed by atoms with E-state index in [2.05, 4.69) is 20.0 Å². The lowest BCUT2D eigenvalue weighted by Gasteiger charge is -2.33. The van der Waals surface area contributed by atoms with Crippen molar-refractivity contribution in [3.63, 3.8) is 0 Å². The average molecular weight is 417 g/mol. The second kappa shape index (κ2) is 8.23. The Morgan fingerprint density at radius 3 is 2.68 bits per heavy atom. The number of benzene rings is 2. The molecule has 1 N–H and O–H groups in total. The van der Waals surface area contributed by atoms with Gasteiger partial charge in [0.15, 0.2) is 11.5 Å². The van der Waals surface area contributed by atoms with E-state index < -0.39 is 0 Å². The summed E-state index contributed by atoms with van der Waals surface area (Å²) in [5.41, 5.74) is 3.13. The molecule has 1 saturated heterocycles. The fourth-order valence-corrected chi connectivity index (χ4v) is 3.84. The first-order valence-corrected chi connectivity index (χ1v) is 10.3. The minimum atomic E-state index is -0.0959. The quantitative estimate of drug-likeness (QED) is 0.537. The number of hydrogen-bond acceptors (Lipinski definition) is 6. The monoisotopic (exact) mass is 417 g/mol. The van der Waals surface area contributed by atoms with Crippen molar-refractivity contribution >= 4 is 16.9 Å². The fraction of sp³-hybridized carbons (Fsp3) is 0.261. The summed E-state index contributed by atoms with van der Waals surface area (Å²) in [6.45, 7) is 3.53. The number of rotatable bonds is 5. The van der Waals surface area contributed by atoms with Gasteiger partial charge in [0.05, 0.1) is 24.7 Å². The van der Waals surface area contributed by atoms with Crippen molar-refractivity contribution < 1.29 is 14.1 Å². The number of nitrogens with one attached hydrogen (secondary N) is 1. The molecule has 0 unspecified atom stereocenters. The molecule has 2 aromatic heterocycles. The molecule has 0 bridgehead atoms. The Morgan fingerprint density at radius 2 is 1.90 bits per heavy atom. The van der Waals surface area contributed by atoms with Crippen LogP contribution in [0.4, 0.5) is 0 Å². The van der Waals surface area contributed by atoms with E-state index in [-0.39, 0.29) is 5.91 Å². The molecule has 1 aliphatic rings. The van der Waals surface area contributed by atoms with Crippen molar-refractivity contribution in [3.05, 3.63) is 66.1 Å². The third kappa shape index (κ3) is 4.02. The number of carbonyl (C=O) groups excluding carboxylic acids is 1. The van der Waals surface area contributed by atoms with Crippen molar-refractivity contribution in [3.8, 4) is 17.1 Å². The Kier molecular flexibility index (Phi) is 5.13. The Bertz CT molecular complexity index is 1190. The summed E-state index contributed by atoms with van der Waals surface area (Å²) in [4.78, 5) is 25.0. The Balaban J connectivity index is 1.19. The van der Waals surface area contributed by atoms with Crippen LogP contribution in [-0.4, -0.2) is 64.1 Å². The first kappa shape index (κ1) is 19.3. The minimum Gasteiger partial charge on any atom is -0.497 e. The zero-order valence-electron chi connectivity index (χ0n) is 17.2. The van der Waals surface area contributed by atoms with Gasteiger partial charge in [-0.3, -0.25) is 9.69 Å². The summed E-state index contributed by atoms with van der Waals surface area (Å²) < 4.78 is 10.7. The second-order valence-corrected chi connectivity index (χ2v) is 7.58. The maximum absolute atomic E-state index is 12.8. The molecule has 3 heterocycles. The van der Waals surface area contributed by atoms with Gasteiger partial charge in [0.25, 0.3) is 5.91 Å². The number of amides is 1. The van der Waals surface area contributed by atoms with Crippen molar-refractivity contribution in [2.75, 3.05) is 33.3 Å². The molecule has 4 aromatic rings. The van der Waals surface area contributed by atoms with Crippen molar-refractivity contribution in [2.24, 2.45) is 0 Å². The number of H-pyrrole nitrogens is 1. The number of ether oxygens (including phenoxy) is 1. The summed E-state index contributed by atoms with van der Waals surface area (Å²) in [6.07, 6.45) is 0. The lowest BCUT2D eigenvalue weighted by Crippen LogP contribution is -2.48. The zero-order valence-corrected chi connectivity index (χ0v) is 17.2. The molecule has 31 heavy (non-hydrogen) atoms. The summed E-state index contributed by atoms with van der Waals surface area (Å²) in [5, 5.41) is 3.99. The van der Waals surface area contributed by atoms with E-state index in [4.69, 9.17) is 9.26 Å². The molecule has 0 aliphatic carbocycles. The van der Waals surface area contributed by atoms with Crippen molar-refractivity contribution in [1.29, 1.82) is 0 Å². The molecule has 158 valence electrons. The lowest BCUT2D eigenvalue weighted by atomic mass is 10.1. The van der Waals surface area contributed by atoms with Gasteiger partial charge in [-0.25, -0.2) is 4.98 Å². The van der Waals surface area contributed by atoms with Gasteiger partial charge in [-0.05, 0) is 12.1 Å². The highest BCUT2D eigenvalue weighted by molar-refractivity contribution is 5.93. The third-order valence-electron chi connectivity index (χ3n) is 5.56. The molecular weight excluding hydrogens is 394 g/mol. The molecule has 0 atom stereocenters. The summed E-state index contributed by atoms with van der Waals surface area (Å²) >= 11 is 0. The number of carbonyl (C=O) groups is 1. The molecule has 0 spiro atoms. The van der Waals surface area contributed by atoms with Gasteiger partial charge in [-0.2, -0.15) is 0 Å². The van der Waals surface area contributed by atoms with Gasteiger partial charge in [-0.1, -0.05) is 35.5 Å². The highest BCUT2D eigenvalue weighted by Gasteiger charge is 2.25. The molecule has 2 aromatic carbocycles. The highest BCUT2D eigenvalue weighted by atomic mass is 16.5. The molecule has 8 nitrogen and oxygen atoms in total. The van der Waals surface area contributed by atoms with Crippen LogP contribution in [0.5, 0.6) is 5.75 Å². The van der Waals surface area contributed by atoms with Gasteiger partial charge >= 0.3 is 0 Å². The van der Waals surface area contributed by atoms with Crippen LogP contribution in [0.1, 0.15) is 16.3 Å². The van der Waals surface area contributed by atoms with Crippen LogP contribution in [0.15, 0.2) is 59.1 Å². The predicted molar refractivity (Wildman–Crippen MR) is 116 cm³/mol. The van der Waals surface area contributed by atoms with Crippen LogP contribution >= 0.6 is 0 Å². The fourth-order valence-electron chi connectivity index (χ4n) is 3.84. The van der Waals surface area contributed by atoms with Crippen LogP contribution in [-0.2, 0) is 6.54 Å². The first-order chi connectivity index (χ1) is 15.2. The number of piperazine rings is 1. The number of aromatic nitrogens is 3. The van der Waals surface area contributed by atoms with E-state index in [0.717, 1.165) is 41.3 Å². The minimum absolute atomic E-state index is 0.0959. The van der Waals surface area contributed by atoms with E-state index in [9.17, 15) is 4.79 Å². The van der Waals surface area contributed by atoms with Crippen molar-refractivity contribution in [2.45, 2.75) is 6.54 Å². The smallest absolute Gasteiger partial charge is 0.276 e. The van der Waals surface area contributed by atoms with Crippen LogP contribution in [0.2, 0.25) is 0 Å². The predicted octanol–water partition coefficient (Wildman–Crippen LogP) is 3.18. The highest BCUT2D eigenvalue weighted by Crippen LogP contribution is 2.22. The Morgan fingerprint density at radius 1 is 1.10 bits per heavy atom. The van der Waals surface area contributed by atoms with Gasteiger partial charge in [-0.15, -0.1) is 0 Å². The van der Waals surface area contributed by atoms with Crippen LogP contribution in [0.25, 0.3) is 22.4 Å². The summed E-state index contributed by atoms with van der Waals surface area (Å²) in [7, 11) is 1.65. The van der Waals surface area contributed by atoms with Crippen LogP contribution in [0.3, 0.4) is 0 Å².